The fraction of sp³-hybridized carbons (Fsp3) is 0.538. The number of rotatable bonds is 3. The van der Waals surface area contributed by atoms with Crippen LogP contribution in [0, 0.1) is 5.82 Å². The van der Waals surface area contributed by atoms with Crippen LogP contribution in [0.4, 0.5) is 10.1 Å². The zero-order valence-electron chi connectivity index (χ0n) is 10.7. The predicted octanol–water partition coefficient (Wildman–Crippen LogP) is 3.36. The van der Waals surface area contributed by atoms with Gasteiger partial charge in [0, 0.05) is 16.8 Å². The fourth-order valence-corrected chi connectivity index (χ4v) is 4.14. The first-order chi connectivity index (χ1) is 8.88. The Morgan fingerprint density at radius 1 is 1.37 bits per heavy atom. The summed E-state index contributed by atoms with van der Waals surface area (Å²) in [7, 11) is -3.02. The van der Waals surface area contributed by atoms with Gasteiger partial charge in [0.25, 0.3) is 0 Å². The second-order valence-electron chi connectivity index (χ2n) is 5.06. The molecule has 0 heterocycles. The molecule has 0 aromatic heterocycles. The minimum Gasteiger partial charge on any atom is -0.379 e. The minimum atomic E-state index is -3.02. The van der Waals surface area contributed by atoms with Gasteiger partial charge >= 0.3 is 0 Å². The van der Waals surface area contributed by atoms with Gasteiger partial charge < -0.3 is 5.32 Å². The average Bonchev–Trinajstić information content (AvgIpc) is 2.33. The third-order valence-electron chi connectivity index (χ3n) is 3.54. The Hall–Kier alpha value is -0.620. The van der Waals surface area contributed by atoms with Gasteiger partial charge in [0.2, 0.25) is 0 Å². The first-order valence-corrected chi connectivity index (χ1v) is 9.02. The van der Waals surface area contributed by atoms with E-state index in [-0.39, 0.29) is 17.1 Å². The molecule has 2 rings (SSSR count). The molecule has 0 radical (unpaired) electrons. The molecule has 0 amide bonds. The second kappa shape index (κ2) is 5.79. The van der Waals surface area contributed by atoms with Crippen molar-refractivity contribution in [3.8, 4) is 0 Å². The van der Waals surface area contributed by atoms with E-state index in [1.807, 2.05) is 0 Å². The van der Waals surface area contributed by atoms with Gasteiger partial charge in [0.1, 0.15) is 15.7 Å². The molecule has 1 aromatic rings. The van der Waals surface area contributed by atoms with Gasteiger partial charge in [0.05, 0.1) is 10.9 Å². The quantitative estimate of drug-likeness (QED) is 0.909. The maximum Gasteiger partial charge on any atom is 0.150 e. The molecule has 1 fully saturated rings. The Labute approximate surface area is 121 Å². The highest BCUT2D eigenvalue weighted by molar-refractivity contribution is 9.10. The van der Waals surface area contributed by atoms with Gasteiger partial charge in [0.15, 0.2) is 0 Å². The third kappa shape index (κ3) is 3.69. The molecule has 19 heavy (non-hydrogen) atoms. The lowest BCUT2D eigenvalue weighted by atomic mass is 9.94. The molecule has 1 saturated carbocycles. The van der Waals surface area contributed by atoms with Gasteiger partial charge in [-0.1, -0.05) is 12.5 Å². The summed E-state index contributed by atoms with van der Waals surface area (Å²) in [5, 5.41) is 2.82. The second-order valence-corrected chi connectivity index (χ2v) is 8.24. The van der Waals surface area contributed by atoms with E-state index in [1.54, 1.807) is 12.1 Å². The summed E-state index contributed by atoms with van der Waals surface area (Å²) in [6.07, 6.45) is 4.24. The number of benzene rings is 1. The lowest BCUT2D eigenvalue weighted by molar-refractivity contribution is 0.451. The Morgan fingerprint density at radius 2 is 2.11 bits per heavy atom. The molecule has 0 bridgehead atoms. The molecule has 1 aliphatic rings. The Kier molecular flexibility index (Phi) is 4.50. The van der Waals surface area contributed by atoms with Crippen LogP contribution in [0.3, 0.4) is 0 Å². The lowest BCUT2D eigenvalue weighted by Crippen LogP contribution is -2.34. The molecular formula is C13H17BrFNO2S. The van der Waals surface area contributed by atoms with Crippen LogP contribution < -0.4 is 5.32 Å². The standard InChI is InChI=1S/C13H17BrFNO2S/c1-19(17,18)10-5-2-4-9(8-10)16-13-11(14)6-3-7-12(13)15/h3,6-7,9-10,16H,2,4-5,8H2,1H3. The van der Waals surface area contributed by atoms with Crippen molar-refractivity contribution in [2.24, 2.45) is 0 Å². The summed E-state index contributed by atoms with van der Waals surface area (Å²) in [5.41, 5.74) is 0.418. The smallest absolute Gasteiger partial charge is 0.150 e. The fourth-order valence-electron chi connectivity index (χ4n) is 2.50. The van der Waals surface area contributed by atoms with Crippen LogP contribution in [-0.2, 0) is 9.84 Å². The van der Waals surface area contributed by atoms with E-state index < -0.39 is 9.84 Å². The maximum absolute atomic E-state index is 13.7. The zero-order valence-corrected chi connectivity index (χ0v) is 13.1. The minimum absolute atomic E-state index is 0.00155. The molecule has 1 aromatic carbocycles. The number of hydrogen-bond acceptors (Lipinski definition) is 3. The highest BCUT2D eigenvalue weighted by atomic mass is 79.9. The molecule has 3 nitrogen and oxygen atoms in total. The van der Waals surface area contributed by atoms with Crippen molar-refractivity contribution in [2.45, 2.75) is 37.0 Å². The third-order valence-corrected chi connectivity index (χ3v) is 5.84. The monoisotopic (exact) mass is 349 g/mol. The Morgan fingerprint density at radius 3 is 2.74 bits per heavy atom. The van der Waals surface area contributed by atoms with Gasteiger partial charge in [-0.15, -0.1) is 0 Å². The summed E-state index contributed by atoms with van der Waals surface area (Å²) in [5.74, 6) is -0.323. The van der Waals surface area contributed by atoms with E-state index >= 15 is 0 Å². The van der Waals surface area contributed by atoms with Crippen molar-refractivity contribution in [2.75, 3.05) is 11.6 Å². The summed E-state index contributed by atoms with van der Waals surface area (Å²) in [6, 6.07) is 4.79. The predicted molar refractivity (Wildman–Crippen MR) is 78.6 cm³/mol. The summed E-state index contributed by atoms with van der Waals surface area (Å²) in [6.45, 7) is 0. The normalized spacial score (nSPS) is 24.2. The van der Waals surface area contributed by atoms with Crippen molar-refractivity contribution in [3.05, 3.63) is 28.5 Å². The number of halogens is 2. The van der Waals surface area contributed by atoms with Crippen molar-refractivity contribution in [1.82, 2.24) is 0 Å². The van der Waals surface area contributed by atoms with E-state index in [2.05, 4.69) is 21.2 Å². The molecule has 2 atom stereocenters. The van der Waals surface area contributed by atoms with Crippen LogP contribution in [-0.4, -0.2) is 26.0 Å². The van der Waals surface area contributed by atoms with E-state index in [1.165, 1.54) is 12.3 Å². The van der Waals surface area contributed by atoms with E-state index in [0.717, 1.165) is 12.8 Å². The molecule has 0 aliphatic heterocycles. The van der Waals surface area contributed by atoms with Crippen LogP contribution in [0.5, 0.6) is 0 Å². The van der Waals surface area contributed by atoms with Gasteiger partial charge in [-0.3, -0.25) is 0 Å². The average molecular weight is 350 g/mol. The van der Waals surface area contributed by atoms with Crippen LogP contribution in [0.2, 0.25) is 0 Å². The van der Waals surface area contributed by atoms with Crippen molar-refractivity contribution < 1.29 is 12.8 Å². The van der Waals surface area contributed by atoms with Crippen LogP contribution in [0.1, 0.15) is 25.7 Å². The topological polar surface area (TPSA) is 46.2 Å². The number of nitrogens with one attached hydrogen (secondary N) is 1. The molecule has 0 spiro atoms. The summed E-state index contributed by atoms with van der Waals surface area (Å²) < 4.78 is 37.6. The lowest BCUT2D eigenvalue weighted by Gasteiger charge is -2.29. The van der Waals surface area contributed by atoms with Gasteiger partial charge in [-0.2, -0.15) is 0 Å². The number of anilines is 1. The van der Waals surface area contributed by atoms with Crippen LogP contribution in [0.15, 0.2) is 22.7 Å². The first-order valence-electron chi connectivity index (χ1n) is 6.27. The molecule has 0 saturated heterocycles. The van der Waals surface area contributed by atoms with E-state index in [0.29, 0.717) is 23.0 Å². The molecular weight excluding hydrogens is 333 g/mol. The Bertz CT molecular complexity index is 542. The SMILES string of the molecule is CS(=O)(=O)C1CCCC(Nc2c(F)cccc2Br)C1. The molecule has 1 N–H and O–H groups in total. The van der Waals surface area contributed by atoms with Gasteiger partial charge in [-0.25, -0.2) is 12.8 Å². The summed E-state index contributed by atoms with van der Waals surface area (Å²) in [4.78, 5) is 0. The zero-order chi connectivity index (χ0) is 14.0. The molecule has 2 unspecified atom stereocenters. The molecule has 1 aliphatic carbocycles. The number of para-hydroxylation sites is 1. The van der Waals surface area contributed by atoms with E-state index in [9.17, 15) is 12.8 Å². The first kappa shape index (κ1) is 14.8. The van der Waals surface area contributed by atoms with Gasteiger partial charge in [-0.05, 0) is 47.3 Å². The highest BCUT2D eigenvalue weighted by Gasteiger charge is 2.29. The summed E-state index contributed by atoms with van der Waals surface area (Å²) >= 11 is 3.31. The molecule has 6 heteroatoms. The Balaban J connectivity index is 2.11. The molecule has 106 valence electrons. The van der Waals surface area contributed by atoms with Crippen molar-refractivity contribution in [3.63, 3.8) is 0 Å². The van der Waals surface area contributed by atoms with Crippen molar-refractivity contribution in [1.29, 1.82) is 0 Å². The largest absolute Gasteiger partial charge is 0.379 e. The number of hydrogen-bond donors (Lipinski definition) is 1. The number of sulfone groups is 1. The van der Waals surface area contributed by atoms with E-state index in [4.69, 9.17) is 0 Å². The van der Waals surface area contributed by atoms with Crippen LogP contribution in [0.25, 0.3) is 0 Å². The van der Waals surface area contributed by atoms with Crippen molar-refractivity contribution >= 4 is 31.5 Å². The highest BCUT2D eigenvalue weighted by Crippen LogP contribution is 2.30. The van der Waals surface area contributed by atoms with Crippen LogP contribution >= 0.6 is 15.9 Å². The maximum atomic E-state index is 13.7.